The molecule has 3 aromatic carbocycles. The van der Waals surface area contributed by atoms with Gasteiger partial charge >= 0.3 is 5.97 Å². The van der Waals surface area contributed by atoms with Gasteiger partial charge in [-0.15, -0.1) is 0 Å². The lowest BCUT2D eigenvalue weighted by Crippen LogP contribution is -2.67. The van der Waals surface area contributed by atoms with Crippen LogP contribution in [0.5, 0.6) is 5.75 Å². The van der Waals surface area contributed by atoms with Crippen molar-refractivity contribution >= 4 is 34.6 Å². The molecule has 5 heterocycles. The summed E-state index contributed by atoms with van der Waals surface area (Å²) in [5, 5.41) is 31.9. The molecular weight excluding hydrogens is 875 g/mol. The molecule has 3 aliphatic heterocycles. The van der Waals surface area contributed by atoms with E-state index in [1.807, 2.05) is 83.1 Å². The molecule has 6 bridgehead atoms. The highest BCUT2D eigenvalue weighted by molar-refractivity contribution is 5.96. The molecule has 15 heteroatoms. The number of phenolic OH excluding ortho intramolecular Hbond substituents is 1. The molecule has 0 spiro atoms. The average Bonchev–Trinajstić information content (AvgIpc) is 3.94. The van der Waals surface area contributed by atoms with E-state index in [-0.39, 0.29) is 62.1 Å². The number of aromatic nitrogens is 2. The van der Waals surface area contributed by atoms with Crippen LogP contribution in [-0.2, 0) is 48.0 Å². The highest BCUT2D eigenvalue weighted by Crippen LogP contribution is 2.42. The summed E-state index contributed by atoms with van der Waals surface area (Å²) < 4.78 is 14.1. The van der Waals surface area contributed by atoms with Gasteiger partial charge in [-0.05, 0) is 110 Å². The van der Waals surface area contributed by atoms with E-state index < -0.39 is 46.9 Å². The van der Waals surface area contributed by atoms with Gasteiger partial charge in [0, 0.05) is 74.2 Å². The Hall–Kier alpha value is -6.13. The number of nitrogens with zero attached hydrogens (tertiary/aromatic N) is 4. The van der Waals surface area contributed by atoms with Crippen molar-refractivity contribution in [1.82, 2.24) is 35.5 Å². The summed E-state index contributed by atoms with van der Waals surface area (Å²) in [6, 6.07) is 22.7. The standard InChI is InChI=1S/C54H67N7O8/c1-9-60-44-19-18-36-29-41(44)42(48(60)39-17-13-22-55-45(39)33(4)68-8)30-53(5,6)31-69-52(66)54(67)21-14-24-61(58-54)51(65)43(27-34-25-37(36)28-38(62)26-34)57-49(63)47(32(2)3)59(7)50(64)40-20-23-56-46(40)35-15-11-10-12-16-35/h10-13,15-19,22,25-26,28-29,32-33,40,43,46-47,56,58,62,67H,9,14,20-21,23-24,27,30-31H2,1-8H3,(H,57,63)/t33-,40+,43-,46+,47-,54-/m0/s1. The van der Waals surface area contributed by atoms with Crippen LogP contribution in [0.2, 0.25) is 0 Å². The Morgan fingerprint density at radius 2 is 1.80 bits per heavy atom. The minimum atomic E-state index is -2.25. The molecule has 3 amide bonds. The molecule has 0 unspecified atom stereocenters. The number of esters is 1. The average molecular weight is 942 g/mol. The normalized spacial score (nSPS) is 22.8. The summed E-state index contributed by atoms with van der Waals surface area (Å²) in [5.74, 6) is -3.06. The number of cyclic esters (lactones) is 1. The molecule has 5 N–H and O–H groups in total. The topological polar surface area (TPSA) is 188 Å². The van der Waals surface area contributed by atoms with Crippen molar-refractivity contribution in [3.8, 4) is 28.1 Å². The van der Waals surface area contributed by atoms with Gasteiger partial charge < -0.3 is 39.8 Å². The minimum Gasteiger partial charge on any atom is -0.508 e. The molecule has 0 saturated carbocycles. The van der Waals surface area contributed by atoms with Crippen LogP contribution in [0.25, 0.3) is 33.3 Å². The molecule has 2 fully saturated rings. The Labute approximate surface area is 404 Å². The number of aryl methyl sites for hydroxylation is 1. The second-order valence-electron chi connectivity index (χ2n) is 20.1. The van der Waals surface area contributed by atoms with Crippen LogP contribution in [0.15, 0.2) is 85.1 Å². The van der Waals surface area contributed by atoms with Gasteiger partial charge in [-0.1, -0.05) is 70.2 Å². The van der Waals surface area contributed by atoms with Crippen molar-refractivity contribution in [3.63, 3.8) is 0 Å². The zero-order valence-electron chi connectivity index (χ0n) is 41.0. The maximum absolute atomic E-state index is 14.8. The van der Waals surface area contributed by atoms with Crippen LogP contribution >= 0.6 is 0 Å². The predicted molar refractivity (Wildman–Crippen MR) is 263 cm³/mol. The number of amides is 3. The van der Waals surface area contributed by atoms with Crippen molar-refractivity contribution < 1.29 is 38.9 Å². The van der Waals surface area contributed by atoms with E-state index in [1.54, 1.807) is 32.5 Å². The maximum Gasteiger partial charge on any atom is 0.355 e. The van der Waals surface area contributed by atoms with Gasteiger partial charge in [0.2, 0.25) is 17.5 Å². The number of hydrogen-bond donors (Lipinski definition) is 5. The van der Waals surface area contributed by atoms with E-state index in [4.69, 9.17) is 14.5 Å². The molecule has 366 valence electrons. The third-order valence-corrected chi connectivity index (χ3v) is 14.1. The first-order chi connectivity index (χ1) is 32.9. The summed E-state index contributed by atoms with van der Waals surface area (Å²) in [5.41, 5.74) is 7.55. The number of likely N-dealkylation sites (N-methyl/N-ethyl adjacent to an activating group) is 1. The minimum absolute atomic E-state index is 0.0241. The van der Waals surface area contributed by atoms with Crippen molar-refractivity contribution in [1.29, 1.82) is 0 Å². The number of fused-ring (bicyclic) bond motifs is 6. The number of carbonyl (C=O) groups excluding carboxylic acids is 4. The van der Waals surface area contributed by atoms with Gasteiger partial charge in [0.25, 0.3) is 5.91 Å². The molecule has 69 heavy (non-hydrogen) atoms. The zero-order valence-corrected chi connectivity index (χ0v) is 41.0. The first-order valence-electron chi connectivity index (χ1n) is 24.2. The number of ether oxygens (including phenoxy) is 2. The summed E-state index contributed by atoms with van der Waals surface area (Å²) in [4.78, 5) is 64.3. The number of hydrazine groups is 1. The van der Waals surface area contributed by atoms with E-state index in [0.29, 0.717) is 37.1 Å². The van der Waals surface area contributed by atoms with E-state index in [1.165, 1.54) is 9.91 Å². The van der Waals surface area contributed by atoms with Crippen LogP contribution in [0.4, 0.5) is 0 Å². The van der Waals surface area contributed by atoms with Gasteiger partial charge in [0.15, 0.2) is 0 Å². The fourth-order valence-corrected chi connectivity index (χ4v) is 10.7. The Kier molecular flexibility index (Phi) is 14.3. The first-order valence-corrected chi connectivity index (χ1v) is 24.2. The third-order valence-electron chi connectivity index (χ3n) is 14.1. The smallest absolute Gasteiger partial charge is 0.355 e. The SMILES string of the molecule is CCn1c(-c2cccnc2[C@H](C)OC)c2c3cc(ccc31)-c1cc(O)cc(c1)C[C@H](NC(=O)[C@H](C(C)C)N(C)C(=O)[C@@H]1CCN[C@@H]1c1ccccc1)C(=O)N1CCC[C@@](O)(N1)C(=O)OCC(C)(C)C2. The zero-order chi connectivity index (χ0) is 49.4. The largest absolute Gasteiger partial charge is 0.508 e. The summed E-state index contributed by atoms with van der Waals surface area (Å²) in [6.07, 6.45) is 2.67. The van der Waals surface area contributed by atoms with Crippen LogP contribution in [0.1, 0.15) is 95.3 Å². The number of rotatable bonds is 10. The number of benzene rings is 3. The molecule has 0 radical (unpaired) electrons. The van der Waals surface area contributed by atoms with Crippen LogP contribution in [0.3, 0.4) is 0 Å². The molecular formula is C54H67N7O8. The molecule has 0 aliphatic carbocycles. The molecule has 2 saturated heterocycles. The number of pyridine rings is 1. The summed E-state index contributed by atoms with van der Waals surface area (Å²) >= 11 is 0. The number of methoxy groups -OCH3 is 1. The van der Waals surface area contributed by atoms with E-state index in [0.717, 1.165) is 44.5 Å². The van der Waals surface area contributed by atoms with Crippen molar-refractivity contribution in [2.45, 2.75) is 110 Å². The van der Waals surface area contributed by atoms with Crippen LogP contribution in [-0.4, -0.2) is 105 Å². The third kappa shape index (κ3) is 10.0. The number of carbonyl (C=O) groups is 4. The lowest BCUT2D eigenvalue weighted by Gasteiger charge is -2.40. The van der Waals surface area contributed by atoms with Gasteiger partial charge in [0.05, 0.1) is 30.0 Å². The van der Waals surface area contributed by atoms with Crippen molar-refractivity contribution in [2.24, 2.45) is 17.3 Å². The summed E-state index contributed by atoms with van der Waals surface area (Å²) in [7, 11) is 3.29. The molecule has 2 aromatic heterocycles. The van der Waals surface area contributed by atoms with Crippen molar-refractivity contribution in [2.75, 3.05) is 33.9 Å². The van der Waals surface area contributed by atoms with Crippen molar-refractivity contribution in [3.05, 3.63) is 107 Å². The molecule has 6 atom stereocenters. The Morgan fingerprint density at radius 3 is 2.52 bits per heavy atom. The number of aliphatic hydroxyl groups is 1. The van der Waals surface area contributed by atoms with Gasteiger partial charge in [-0.25, -0.2) is 4.79 Å². The van der Waals surface area contributed by atoms with E-state index >= 15 is 0 Å². The monoisotopic (exact) mass is 942 g/mol. The maximum atomic E-state index is 14.8. The highest BCUT2D eigenvalue weighted by Gasteiger charge is 2.46. The summed E-state index contributed by atoms with van der Waals surface area (Å²) in [6.45, 7) is 13.1. The first kappa shape index (κ1) is 49.3. The fraction of sp³-hybridized carbons (Fsp3) is 0.463. The Morgan fingerprint density at radius 1 is 1.03 bits per heavy atom. The number of aromatic hydroxyl groups is 1. The van der Waals surface area contributed by atoms with Crippen LogP contribution in [0, 0.1) is 17.3 Å². The van der Waals surface area contributed by atoms with Gasteiger partial charge in [-0.3, -0.25) is 24.4 Å². The number of phenols is 1. The fourth-order valence-electron chi connectivity index (χ4n) is 10.7. The second-order valence-corrected chi connectivity index (χ2v) is 20.1. The van der Waals surface area contributed by atoms with E-state index in [9.17, 15) is 29.4 Å². The van der Waals surface area contributed by atoms with Gasteiger partial charge in [-0.2, -0.15) is 5.43 Å². The lowest BCUT2D eigenvalue weighted by molar-refractivity contribution is -0.189. The highest BCUT2D eigenvalue weighted by atomic mass is 16.6. The predicted octanol–water partition coefficient (Wildman–Crippen LogP) is 6.61. The Balaban J connectivity index is 1.21. The van der Waals surface area contributed by atoms with Gasteiger partial charge in [0.1, 0.15) is 17.8 Å². The molecule has 5 aromatic rings. The quantitative estimate of drug-likeness (QED) is 0.0950. The lowest BCUT2D eigenvalue weighted by atomic mass is 9.84. The molecule has 15 nitrogen and oxygen atoms in total. The molecule has 8 rings (SSSR count). The Bertz CT molecular complexity index is 2720. The van der Waals surface area contributed by atoms with E-state index in [2.05, 4.69) is 45.7 Å². The molecule has 3 aliphatic rings. The number of hydrogen-bond acceptors (Lipinski definition) is 11. The van der Waals surface area contributed by atoms with Crippen LogP contribution < -0.4 is 16.1 Å². The second kappa shape index (κ2) is 20.1. The number of nitrogens with one attached hydrogen (secondary N) is 3.